The second kappa shape index (κ2) is 7.17. The number of amides is 1. The minimum Gasteiger partial charge on any atom is -0.497 e. The van der Waals surface area contributed by atoms with Crippen LogP contribution in [-0.2, 0) is 6.42 Å². The van der Waals surface area contributed by atoms with Gasteiger partial charge in [-0.3, -0.25) is 4.98 Å². The third-order valence-electron chi connectivity index (χ3n) is 3.96. The number of hydrogen-bond acceptors (Lipinski definition) is 3. The zero-order chi connectivity index (χ0) is 17.8. The fourth-order valence-corrected chi connectivity index (χ4v) is 2.72. The van der Waals surface area contributed by atoms with E-state index in [4.69, 9.17) is 9.84 Å². The van der Waals surface area contributed by atoms with E-state index in [1.807, 2.05) is 30.3 Å². The first-order valence-corrected chi connectivity index (χ1v) is 7.77. The van der Waals surface area contributed by atoms with Crippen molar-refractivity contribution < 1.29 is 19.0 Å². The van der Waals surface area contributed by atoms with Crippen molar-refractivity contribution in [2.24, 2.45) is 0 Å². The van der Waals surface area contributed by atoms with E-state index in [1.165, 1.54) is 13.2 Å². The van der Waals surface area contributed by atoms with Crippen LogP contribution >= 0.6 is 0 Å². The van der Waals surface area contributed by atoms with Crippen LogP contribution in [0.4, 0.5) is 9.18 Å². The molecule has 0 aliphatic heterocycles. The van der Waals surface area contributed by atoms with E-state index in [1.54, 1.807) is 12.3 Å². The number of carbonyl (C=O) groups is 1. The smallest absolute Gasteiger partial charge is 0.404 e. The molecular weight excluding hydrogens is 323 g/mol. The minimum atomic E-state index is -1.03. The highest BCUT2D eigenvalue weighted by Gasteiger charge is 2.11. The van der Waals surface area contributed by atoms with Gasteiger partial charge < -0.3 is 15.2 Å². The monoisotopic (exact) mass is 340 g/mol. The van der Waals surface area contributed by atoms with E-state index in [-0.39, 0.29) is 0 Å². The number of halogens is 1. The Balaban J connectivity index is 1.93. The molecule has 0 fully saturated rings. The number of methoxy groups -OCH3 is 1. The molecule has 2 N–H and O–H groups in total. The number of ether oxygens (including phenoxy) is 1. The van der Waals surface area contributed by atoms with Crippen LogP contribution in [-0.4, -0.2) is 29.8 Å². The van der Waals surface area contributed by atoms with Crippen LogP contribution in [0.25, 0.3) is 22.0 Å². The van der Waals surface area contributed by atoms with Crippen molar-refractivity contribution in [1.29, 1.82) is 0 Å². The number of nitrogens with zero attached hydrogens (tertiary/aromatic N) is 1. The molecule has 0 aliphatic carbocycles. The highest BCUT2D eigenvalue weighted by atomic mass is 19.1. The summed E-state index contributed by atoms with van der Waals surface area (Å²) in [6.07, 6.45) is 1.15. The molecule has 3 aromatic rings. The Morgan fingerprint density at radius 1 is 1.24 bits per heavy atom. The third-order valence-corrected chi connectivity index (χ3v) is 3.96. The van der Waals surface area contributed by atoms with Crippen LogP contribution in [0, 0.1) is 5.82 Å². The van der Waals surface area contributed by atoms with Crippen LogP contribution in [0.1, 0.15) is 5.56 Å². The molecule has 0 bridgehead atoms. The predicted octanol–water partition coefficient (Wildman–Crippen LogP) is 3.86. The first-order chi connectivity index (χ1) is 12.1. The minimum absolute atomic E-state index is 0.299. The number of fused-ring (bicyclic) bond motifs is 1. The van der Waals surface area contributed by atoms with Crippen molar-refractivity contribution >= 4 is 17.0 Å². The Labute approximate surface area is 144 Å². The summed E-state index contributed by atoms with van der Waals surface area (Å²) in [5, 5.41) is 11.6. The molecule has 6 heteroatoms. The summed E-state index contributed by atoms with van der Waals surface area (Å²) in [5.41, 5.74) is 3.10. The first-order valence-electron chi connectivity index (χ1n) is 7.77. The molecule has 0 aliphatic rings. The molecule has 3 rings (SSSR count). The number of benzene rings is 2. The SMILES string of the molecule is COc1cc(F)c2nccc(-c3ccc(CCNC(=O)O)cc3)c2c1. The molecule has 25 heavy (non-hydrogen) atoms. The van der Waals surface area contributed by atoms with Crippen molar-refractivity contribution in [1.82, 2.24) is 10.3 Å². The van der Waals surface area contributed by atoms with Crippen LogP contribution in [0.5, 0.6) is 5.75 Å². The number of aromatic nitrogens is 1. The molecule has 0 unspecified atom stereocenters. The maximum Gasteiger partial charge on any atom is 0.404 e. The molecule has 0 spiro atoms. The van der Waals surface area contributed by atoms with E-state index in [0.717, 1.165) is 16.7 Å². The van der Waals surface area contributed by atoms with Gasteiger partial charge in [0.1, 0.15) is 11.3 Å². The van der Waals surface area contributed by atoms with E-state index < -0.39 is 11.9 Å². The van der Waals surface area contributed by atoms with Crippen molar-refractivity contribution in [2.75, 3.05) is 13.7 Å². The molecule has 2 aromatic carbocycles. The number of hydrogen-bond donors (Lipinski definition) is 2. The maximum atomic E-state index is 14.2. The molecule has 0 atom stereocenters. The number of pyridine rings is 1. The summed E-state index contributed by atoms with van der Waals surface area (Å²) in [6.45, 7) is 0.356. The van der Waals surface area contributed by atoms with E-state index in [0.29, 0.717) is 29.6 Å². The van der Waals surface area contributed by atoms with Gasteiger partial charge in [-0.25, -0.2) is 9.18 Å². The lowest BCUT2D eigenvalue weighted by molar-refractivity contribution is 0.194. The molecule has 0 radical (unpaired) electrons. The summed E-state index contributed by atoms with van der Waals surface area (Å²) in [4.78, 5) is 14.6. The van der Waals surface area contributed by atoms with Gasteiger partial charge in [0.15, 0.2) is 5.82 Å². The van der Waals surface area contributed by atoms with Gasteiger partial charge in [-0.1, -0.05) is 24.3 Å². The van der Waals surface area contributed by atoms with Crippen LogP contribution < -0.4 is 10.1 Å². The lowest BCUT2D eigenvalue weighted by Gasteiger charge is -2.10. The zero-order valence-electron chi connectivity index (χ0n) is 13.6. The molecule has 5 nitrogen and oxygen atoms in total. The fraction of sp³-hybridized carbons (Fsp3) is 0.158. The topological polar surface area (TPSA) is 71.5 Å². The van der Waals surface area contributed by atoms with Gasteiger partial charge in [0, 0.05) is 24.2 Å². The summed E-state index contributed by atoms with van der Waals surface area (Å²) >= 11 is 0. The van der Waals surface area contributed by atoms with Gasteiger partial charge in [-0.2, -0.15) is 0 Å². The molecule has 1 amide bonds. The average Bonchev–Trinajstić information content (AvgIpc) is 2.61. The molecule has 1 heterocycles. The first kappa shape index (κ1) is 16.7. The Bertz CT molecular complexity index is 910. The largest absolute Gasteiger partial charge is 0.497 e. The fourth-order valence-electron chi connectivity index (χ4n) is 2.72. The third kappa shape index (κ3) is 3.68. The van der Waals surface area contributed by atoms with Crippen LogP contribution in [0.3, 0.4) is 0 Å². The number of nitrogens with one attached hydrogen (secondary N) is 1. The van der Waals surface area contributed by atoms with Gasteiger partial charge in [0.05, 0.1) is 7.11 Å². The van der Waals surface area contributed by atoms with Gasteiger partial charge in [-0.05, 0) is 35.2 Å². The zero-order valence-corrected chi connectivity index (χ0v) is 13.6. The van der Waals surface area contributed by atoms with Crippen molar-refractivity contribution in [3.8, 4) is 16.9 Å². The Kier molecular flexibility index (Phi) is 4.79. The number of rotatable bonds is 5. The van der Waals surface area contributed by atoms with Gasteiger partial charge in [-0.15, -0.1) is 0 Å². The van der Waals surface area contributed by atoms with Crippen LogP contribution in [0.2, 0.25) is 0 Å². The highest BCUT2D eigenvalue weighted by molar-refractivity contribution is 5.95. The Morgan fingerprint density at radius 3 is 2.68 bits per heavy atom. The summed E-state index contributed by atoms with van der Waals surface area (Å²) in [7, 11) is 1.50. The quantitative estimate of drug-likeness (QED) is 0.740. The van der Waals surface area contributed by atoms with Gasteiger partial charge in [0.2, 0.25) is 0 Å². The predicted molar refractivity (Wildman–Crippen MR) is 93.4 cm³/mol. The van der Waals surface area contributed by atoms with E-state index >= 15 is 0 Å². The standard InChI is InChI=1S/C19H17FN2O3/c1-25-14-10-16-15(7-9-21-18(16)17(20)11-14)13-4-2-12(3-5-13)6-8-22-19(23)24/h2-5,7,9-11,22H,6,8H2,1H3,(H,23,24). The maximum absolute atomic E-state index is 14.2. The number of carboxylic acid groups (broad SMARTS) is 1. The highest BCUT2D eigenvalue weighted by Crippen LogP contribution is 2.31. The molecule has 0 saturated heterocycles. The van der Waals surface area contributed by atoms with Gasteiger partial charge in [0.25, 0.3) is 0 Å². The van der Waals surface area contributed by atoms with Crippen molar-refractivity contribution in [2.45, 2.75) is 6.42 Å². The van der Waals surface area contributed by atoms with Crippen molar-refractivity contribution in [3.63, 3.8) is 0 Å². The average molecular weight is 340 g/mol. The van der Waals surface area contributed by atoms with Crippen LogP contribution in [0.15, 0.2) is 48.7 Å². The normalized spacial score (nSPS) is 10.6. The molecule has 1 aromatic heterocycles. The molecule has 0 saturated carbocycles. The Morgan fingerprint density at radius 2 is 2.00 bits per heavy atom. The lowest BCUT2D eigenvalue weighted by Crippen LogP contribution is -2.23. The summed E-state index contributed by atoms with van der Waals surface area (Å²) < 4.78 is 19.4. The summed E-state index contributed by atoms with van der Waals surface area (Å²) in [5.74, 6) is 0.0168. The summed E-state index contributed by atoms with van der Waals surface area (Å²) in [6, 6.07) is 12.7. The molecule has 128 valence electrons. The lowest BCUT2D eigenvalue weighted by atomic mass is 9.99. The second-order valence-electron chi connectivity index (χ2n) is 5.54. The van der Waals surface area contributed by atoms with Crippen molar-refractivity contribution in [3.05, 3.63) is 60.0 Å². The van der Waals surface area contributed by atoms with Gasteiger partial charge >= 0.3 is 6.09 Å². The second-order valence-corrected chi connectivity index (χ2v) is 5.54. The van der Waals surface area contributed by atoms with E-state index in [9.17, 15) is 9.18 Å². The Hall–Kier alpha value is -3.15. The van der Waals surface area contributed by atoms with E-state index in [2.05, 4.69) is 10.3 Å². The molecular formula is C19H17FN2O3.